The molecule has 0 aliphatic carbocycles. The highest BCUT2D eigenvalue weighted by Crippen LogP contribution is 2.17. The summed E-state index contributed by atoms with van der Waals surface area (Å²) < 4.78 is 13.0. The first kappa shape index (κ1) is 16.9. The molecule has 126 valence electrons. The van der Waals surface area contributed by atoms with Crippen molar-refractivity contribution in [1.29, 1.82) is 0 Å². The van der Waals surface area contributed by atoms with Crippen LogP contribution in [0.15, 0.2) is 54.6 Å². The standard InChI is InChI=1S/C18H14ClFN4O/c1-11-9-16(17(25)22-15-4-2-3-12(19)10-15)24-18(21-11)23-14-7-5-13(20)6-8-14/h2-10H,1H3,(H,22,25)(H,21,23,24). The van der Waals surface area contributed by atoms with E-state index >= 15 is 0 Å². The number of nitrogens with one attached hydrogen (secondary N) is 2. The third-order valence-electron chi connectivity index (χ3n) is 3.27. The summed E-state index contributed by atoms with van der Waals surface area (Å²) >= 11 is 5.91. The lowest BCUT2D eigenvalue weighted by atomic mass is 10.3. The van der Waals surface area contributed by atoms with E-state index in [1.165, 1.54) is 12.1 Å². The van der Waals surface area contributed by atoms with Gasteiger partial charge in [0.2, 0.25) is 5.95 Å². The van der Waals surface area contributed by atoms with Crippen LogP contribution in [-0.2, 0) is 0 Å². The third-order valence-corrected chi connectivity index (χ3v) is 3.50. The van der Waals surface area contributed by atoms with Crippen molar-refractivity contribution in [3.8, 4) is 0 Å². The average Bonchev–Trinajstić information content (AvgIpc) is 2.56. The molecule has 25 heavy (non-hydrogen) atoms. The van der Waals surface area contributed by atoms with Gasteiger partial charge in [0.25, 0.3) is 5.91 Å². The van der Waals surface area contributed by atoms with E-state index in [2.05, 4.69) is 20.6 Å². The Morgan fingerprint density at radius 3 is 2.52 bits per heavy atom. The van der Waals surface area contributed by atoms with Crippen molar-refractivity contribution in [2.24, 2.45) is 0 Å². The van der Waals surface area contributed by atoms with Gasteiger partial charge in [0.15, 0.2) is 0 Å². The lowest BCUT2D eigenvalue weighted by molar-refractivity contribution is 0.102. The van der Waals surface area contributed by atoms with Gasteiger partial charge in [0.1, 0.15) is 11.5 Å². The Morgan fingerprint density at radius 2 is 1.80 bits per heavy atom. The SMILES string of the molecule is Cc1cc(C(=O)Nc2cccc(Cl)c2)nc(Nc2ccc(F)cc2)n1. The van der Waals surface area contributed by atoms with E-state index in [1.807, 2.05) is 0 Å². The van der Waals surface area contributed by atoms with Crippen LogP contribution in [-0.4, -0.2) is 15.9 Å². The van der Waals surface area contributed by atoms with Gasteiger partial charge in [-0.15, -0.1) is 0 Å². The molecule has 2 N–H and O–H groups in total. The molecule has 7 heteroatoms. The van der Waals surface area contributed by atoms with Gasteiger partial charge in [-0.25, -0.2) is 14.4 Å². The molecule has 0 aliphatic rings. The summed E-state index contributed by atoms with van der Waals surface area (Å²) in [6.07, 6.45) is 0. The fraction of sp³-hybridized carbons (Fsp3) is 0.0556. The Balaban J connectivity index is 1.80. The predicted molar refractivity (Wildman–Crippen MR) is 95.9 cm³/mol. The molecule has 2 aromatic carbocycles. The fourth-order valence-electron chi connectivity index (χ4n) is 2.16. The van der Waals surface area contributed by atoms with Crippen molar-refractivity contribution in [1.82, 2.24) is 9.97 Å². The lowest BCUT2D eigenvalue weighted by Crippen LogP contribution is -2.15. The number of hydrogen-bond donors (Lipinski definition) is 2. The maximum absolute atomic E-state index is 13.0. The van der Waals surface area contributed by atoms with Crippen molar-refractivity contribution in [2.75, 3.05) is 10.6 Å². The molecular formula is C18H14ClFN4O. The number of hydrogen-bond acceptors (Lipinski definition) is 4. The fourth-order valence-corrected chi connectivity index (χ4v) is 2.35. The molecule has 0 spiro atoms. The summed E-state index contributed by atoms with van der Waals surface area (Å²) in [6, 6.07) is 14.2. The Labute approximate surface area is 148 Å². The molecule has 0 aliphatic heterocycles. The van der Waals surface area contributed by atoms with Gasteiger partial charge in [-0.3, -0.25) is 4.79 Å². The molecule has 0 atom stereocenters. The normalized spacial score (nSPS) is 10.4. The van der Waals surface area contributed by atoms with E-state index in [-0.39, 0.29) is 23.4 Å². The summed E-state index contributed by atoms with van der Waals surface area (Å²) in [7, 11) is 0. The van der Waals surface area contributed by atoms with Crippen LogP contribution in [0.4, 0.5) is 21.7 Å². The zero-order chi connectivity index (χ0) is 17.8. The van der Waals surface area contributed by atoms with Crippen molar-refractivity contribution in [3.63, 3.8) is 0 Å². The van der Waals surface area contributed by atoms with E-state index in [1.54, 1.807) is 49.4 Å². The van der Waals surface area contributed by atoms with Gasteiger partial charge in [0.05, 0.1) is 0 Å². The number of aromatic nitrogens is 2. The maximum atomic E-state index is 13.0. The topological polar surface area (TPSA) is 66.9 Å². The van der Waals surface area contributed by atoms with Crippen LogP contribution in [0.2, 0.25) is 5.02 Å². The number of benzene rings is 2. The molecule has 1 aromatic heterocycles. The van der Waals surface area contributed by atoms with Gasteiger partial charge < -0.3 is 10.6 Å². The Kier molecular flexibility index (Phi) is 4.90. The van der Waals surface area contributed by atoms with Crippen LogP contribution in [0.3, 0.4) is 0 Å². The van der Waals surface area contributed by atoms with Crippen molar-refractivity contribution >= 4 is 34.8 Å². The van der Waals surface area contributed by atoms with Gasteiger partial charge in [-0.1, -0.05) is 17.7 Å². The molecule has 0 saturated heterocycles. The van der Waals surface area contributed by atoms with Crippen molar-refractivity contribution in [2.45, 2.75) is 6.92 Å². The highest BCUT2D eigenvalue weighted by atomic mass is 35.5. The van der Waals surface area contributed by atoms with E-state index in [4.69, 9.17) is 11.6 Å². The minimum Gasteiger partial charge on any atom is -0.324 e. The first-order valence-electron chi connectivity index (χ1n) is 7.45. The zero-order valence-corrected chi connectivity index (χ0v) is 14.0. The molecule has 0 saturated carbocycles. The number of aryl methyl sites for hydroxylation is 1. The molecule has 3 aromatic rings. The van der Waals surface area contributed by atoms with E-state index in [0.717, 1.165) is 0 Å². The largest absolute Gasteiger partial charge is 0.324 e. The van der Waals surface area contributed by atoms with E-state index in [9.17, 15) is 9.18 Å². The number of carbonyl (C=O) groups excluding carboxylic acids is 1. The third kappa shape index (κ3) is 4.51. The number of halogens is 2. The second-order valence-corrected chi connectivity index (χ2v) is 5.75. The highest BCUT2D eigenvalue weighted by molar-refractivity contribution is 6.30. The van der Waals surface area contributed by atoms with Gasteiger partial charge in [-0.05, 0) is 55.5 Å². The molecule has 0 fully saturated rings. The molecule has 3 rings (SSSR count). The number of anilines is 3. The molecule has 0 bridgehead atoms. The lowest BCUT2D eigenvalue weighted by Gasteiger charge is -2.09. The summed E-state index contributed by atoms with van der Waals surface area (Å²) in [6.45, 7) is 1.76. The zero-order valence-electron chi connectivity index (χ0n) is 13.3. The van der Waals surface area contributed by atoms with Crippen LogP contribution in [0.25, 0.3) is 0 Å². The maximum Gasteiger partial charge on any atom is 0.274 e. The van der Waals surface area contributed by atoms with Crippen LogP contribution in [0, 0.1) is 12.7 Å². The predicted octanol–water partition coefficient (Wildman–Crippen LogP) is 4.57. The van der Waals surface area contributed by atoms with Crippen molar-refractivity contribution in [3.05, 3.63) is 76.8 Å². The summed E-state index contributed by atoms with van der Waals surface area (Å²) in [5.41, 5.74) is 2.02. The average molecular weight is 357 g/mol. The quantitative estimate of drug-likeness (QED) is 0.718. The number of rotatable bonds is 4. The van der Waals surface area contributed by atoms with Crippen LogP contribution >= 0.6 is 11.6 Å². The summed E-state index contributed by atoms with van der Waals surface area (Å²) in [5.74, 6) is -0.463. The second kappa shape index (κ2) is 7.27. The van der Waals surface area contributed by atoms with Crippen LogP contribution in [0.1, 0.15) is 16.2 Å². The minimum absolute atomic E-state index is 0.206. The van der Waals surface area contributed by atoms with Crippen LogP contribution < -0.4 is 10.6 Å². The molecular weight excluding hydrogens is 343 g/mol. The smallest absolute Gasteiger partial charge is 0.274 e. The Morgan fingerprint density at radius 1 is 1.04 bits per heavy atom. The van der Waals surface area contributed by atoms with E-state index < -0.39 is 0 Å². The first-order valence-corrected chi connectivity index (χ1v) is 7.82. The Hall–Kier alpha value is -2.99. The number of amides is 1. The number of carbonyl (C=O) groups is 1. The van der Waals surface area contributed by atoms with Crippen LogP contribution in [0.5, 0.6) is 0 Å². The monoisotopic (exact) mass is 356 g/mol. The summed E-state index contributed by atoms with van der Waals surface area (Å²) in [5, 5.41) is 6.21. The highest BCUT2D eigenvalue weighted by Gasteiger charge is 2.11. The van der Waals surface area contributed by atoms with Gasteiger partial charge in [0, 0.05) is 22.1 Å². The number of nitrogens with zero attached hydrogens (tertiary/aromatic N) is 2. The molecule has 5 nitrogen and oxygen atoms in total. The molecule has 1 heterocycles. The minimum atomic E-state index is -0.380. The van der Waals surface area contributed by atoms with Crippen molar-refractivity contribution < 1.29 is 9.18 Å². The molecule has 0 unspecified atom stereocenters. The first-order chi connectivity index (χ1) is 12.0. The second-order valence-electron chi connectivity index (χ2n) is 5.31. The Bertz CT molecular complexity index is 915. The molecule has 1 amide bonds. The summed E-state index contributed by atoms with van der Waals surface area (Å²) in [4.78, 5) is 20.9. The van der Waals surface area contributed by atoms with E-state index in [0.29, 0.717) is 22.1 Å². The van der Waals surface area contributed by atoms with Gasteiger partial charge in [-0.2, -0.15) is 0 Å². The molecule has 0 radical (unpaired) electrons. The van der Waals surface area contributed by atoms with Gasteiger partial charge >= 0.3 is 0 Å².